The molecule has 0 saturated carbocycles. The number of aryl methyl sites for hydroxylation is 2. The van der Waals surface area contributed by atoms with Crippen LogP contribution in [0.5, 0.6) is 0 Å². The second kappa shape index (κ2) is 6.94. The molecular weight excluding hydrogens is 360 g/mol. The van der Waals surface area contributed by atoms with Crippen molar-refractivity contribution in [1.82, 2.24) is 14.9 Å². The first-order valence-electron chi connectivity index (χ1n) is 8.95. The highest BCUT2D eigenvalue weighted by molar-refractivity contribution is 7.99. The number of amidine groups is 1. The summed E-state index contributed by atoms with van der Waals surface area (Å²) in [5.74, 6) is 1.57. The Hall–Kier alpha value is -2.45. The van der Waals surface area contributed by atoms with E-state index in [0.29, 0.717) is 24.5 Å². The van der Waals surface area contributed by atoms with Crippen LogP contribution in [0.2, 0.25) is 0 Å². The largest absolute Gasteiger partial charge is 0.368 e. The summed E-state index contributed by atoms with van der Waals surface area (Å²) in [5, 5.41) is 0.803. The van der Waals surface area contributed by atoms with Gasteiger partial charge in [-0.05, 0) is 43.5 Å². The zero-order valence-corrected chi connectivity index (χ0v) is 16.2. The lowest BCUT2D eigenvalue weighted by Crippen LogP contribution is -2.39. The Morgan fingerprint density at radius 3 is 2.74 bits per heavy atom. The molecule has 7 nitrogen and oxygen atoms in total. The molecule has 0 spiro atoms. The fourth-order valence-corrected chi connectivity index (χ4v) is 4.33. The number of rotatable bonds is 0. The van der Waals surface area contributed by atoms with E-state index < -0.39 is 0 Å². The van der Waals surface area contributed by atoms with Crippen LogP contribution in [0.4, 0.5) is 5.95 Å². The number of fused-ring (bicyclic) bond motifs is 6. The van der Waals surface area contributed by atoms with E-state index in [1.165, 1.54) is 0 Å². The van der Waals surface area contributed by atoms with Gasteiger partial charge < -0.3 is 11.5 Å². The average molecular weight is 382 g/mol. The average Bonchev–Trinajstić information content (AvgIpc) is 2.98. The van der Waals surface area contributed by atoms with Crippen molar-refractivity contribution in [2.24, 2.45) is 10.7 Å². The standard InChI is InChI=1S/C19H22N6OS/c1-10-7-11(2)13-8-12(10)15-9-16(24-19(21)23-15)27-6-4-22-17-14(20)3-5-25(17)18(13)26/h7-9,14H,3-6,20H2,1-2H3,(H2,21,23,24). The third-order valence-electron chi connectivity index (χ3n) is 4.93. The van der Waals surface area contributed by atoms with Crippen molar-refractivity contribution in [3.05, 3.63) is 34.9 Å². The number of anilines is 1. The van der Waals surface area contributed by atoms with Gasteiger partial charge in [0, 0.05) is 23.4 Å². The van der Waals surface area contributed by atoms with E-state index in [-0.39, 0.29) is 17.9 Å². The van der Waals surface area contributed by atoms with Crippen molar-refractivity contribution >= 4 is 29.5 Å². The molecule has 1 atom stereocenters. The molecule has 140 valence electrons. The third-order valence-corrected chi connectivity index (χ3v) is 5.82. The minimum absolute atomic E-state index is 0.0606. The molecule has 0 radical (unpaired) electrons. The van der Waals surface area contributed by atoms with Gasteiger partial charge in [-0.3, -0.25) is 14.7 Å². The normalized spacial score (nSPS) is 19.7. The van der Waals surface area contributed by atoms with Gasteiger partial charge in [0.1, 0.15) is 10.9 Å². The molecule has 3 heterocycles. The van der Waals surface area contributed by atoms with Crippen LogP contribution in [0.15, 0.2) is 28.2 Å². The first kappa shape index (κ1) is 17.9. The Bertz CT molecular complexity index is 957. The summed E-state index contributed by atoms with van der Waals surface area (Å²) in [6, 6.07) is 5.64. The van der Waals surface area contributed by atoms with Crippen molar-refractivity contribution in [2.45, 2.75) is 31.3 Å². The summed E-state index contributed by atoms with van der Waals surface area (Å²) in [7, 11) is 0. The smallest absolute Gasteiger partial charge is 0.259 e. The highest BCUT2D eigenvalue weighted by Crippen LogP contribution is 2.30. The minimum Gasteiger partial charge on any atom is -0.368 e. The van der Waals surface area contributed by atoms with E-state index in [0.717, 1.165) is 39.6 Å². The Balaban J connectivity index is 1.91. The molecule has 4 bridgehead atoms. The molecular formula is C19H22N6OS. The van der Waals surface area contributed by atoms with Gasteiger partial charge in [-0.15, -0.1) is 11.8 Å². The number of carbonyl (C=O) groups excluding carboxylic acids is 1. The summed E-state index contributed by atoms with van der Waals surface area (Å²) in [6.07, 6.45) is 0.730. The van der Waals surface area contributed by atoms with Gasteiger partial charge >= 0.3 is 0 Å². The number of hydrogen-bond donors (Lipinski definition) is 2. The van der Waals surface area contributed by atoms with Crippen LogP contribution in [0.3, 0.4) is 0 Å². The number of carbonyl (C=O) groups is 1. The maximum atomic E-state index is 13.3. The predicted octanol–water partition coefficient (Wildman–Crippen LogP) is 2.02. The number of aromatic nitrogens is 2. The lowest BCUT2D eigenvalue weighted by molar-refractivity contribution is 0.0856. The Kier molecular flexibility index (Phi) is 4.61. The molecule has 4 N–H and O–H groups in total. The highest BCUT2D eigenvalue weighted by Gasteiger charge is 2.32. The maximum Gasteiger partial charge on any atom is 0.259 e. The van der Waals surface area contributed by atoms with Gasteiger partial charge in [0.2, 0.25) is 5.95 Å². The second-order valence-electron chi connectivity index (χ2n) is 6.87. The lowest BCUT2D eigenvalue weighted by atomic mass is 9.97. The number of benzene rings is 1. The van der Waals surface area contributed by atoms with Gasteiger partial charge in [0.25, 0.3) is 5.91 Å². The Morgan fingerprint density at radius 1 is 1.15 bits per heavy atom. The van der Waals surface area contributed by atoms with Gasteiger partial charge in [-0.2, -0.15) is 0 Å². The van der Waals surface area contributed by atoms with Gasteiger partial charge in [0.05, 0.1) is 18.3 Å². The number of thioether (sulfide) groups is 1. The molecule has 1 unspecified atom stereocenters. The third kappa shape index (κ3) is 3.30. The van der Waals surface area contributed by atoms with Crippen LogP contribution in [-0.4, -0.2) is 51.5 Å². The molecule has 1 amide bonds. The topological polar surface area (TPSA) is 110 Å². The van der Waals surface area contributed by atoms with E-state index in [2.05, 4.69) is 15.0 Å². The van der Waals surface area contributed by atoms with Crippen LogP contribution >= 0.6 is 11.8 Å². The van der Waals surface area contributed by atoms with Crippen molar-refractivity contribution in [3.8, 4) is 11.3 Å². The fourth-order valence-electron chi connectivity index (χ4n) is 3.59. The lowest BCUT2D eigenvalue weighted by Gasteiger charge is -2.20. The summed E-state index contributed by atoms with van der Waals surface area (Å²) < 4.78 is 0. The van der Waals surface area contributed by atoms with Gasteiger partial charge in [-0.25, -0.2) is 9.97 Å². The number of nitrogens with zero attached hydrogens (tertiary/aromatic N) is 4. The first-order valence-corrected chi connectivity index (χ1v) is 9.93. The predicted molar refractivity (Wildman–Crippen MR) is 108 cm³/mol. The van der Waals surface area contributed by atoms with Crippen molar-refractivity contribution in [1.29, 1.82) is 0 Å². The number of aliphatic imine (C=N–C) groups is 1. The van der Waals surface area contributed by atoms with Crippen LogP contribution in [0.1, 0.15) is 27.9 Å². The fraction of sp³-hybridized carbons (Fsp3) is 0.368. The summed E-state index contributed by atoms with van der Waals surface area (Å²) in [5.41, 5.74) is 16.4. The SMILES string of the molecule is Cc1cc(C)c2cc1C(=O)N1CCC(N)C1=NCCSc1cc-2nc(N)n1. The molecule has 1 aromatic heterocycles. The Morgan fingerprint density at radius 2 is 1.93 bits per heavy atom. The number of amides is 1. The van der Waals surface area contributed by atoms with Crippen molar-refractivity contribution in [3.63, 3.8) is 0 Å². The van der Waals surface area contributed by atoms with Crippen LogP contribution in [0, 0.1) is 13.8 Å². The van der Waals surface area contributed by atoms with Crippen LogP contribution in [-0.2, 0) is 0 Å². The second-order valence-corrected chi connectivity index (χ2v) is 7.99. The first-order chi connectivity index (χ1) is 12.9. The molecule has 0 aliphatic carbocycles. The molecule has 1 aromatic carbocycles. The van der Waals surface area contributed by atoms with Crippen molar-refractivity contribution in [2.75, 3.05) is 24.6 Å². The van der Waals surface area contributed by atoms with Gasteiger partial charge in [-0.1, -0.05) is 6.07 Å². The molecule has 1 saturated heterocycles. The molecule has 1 fully saturated rings. The minimum atomic E-state index is -0.203. The number of hydrogen-bond acceptors (Lipinski definition) is 7. The van der Waals surface area contributed by atoms with Crippen molar-refractivity contribution < 1.29 is 4.79 Å². The molecule has 2 aliphatic heterocycles. The van der Waals surface area contributed by atoms with E-state index >= 15 is 0 Å². The van der Waals surface area contributed by atoms with Crippen LogP contribution < -0.4 is 11.5 Å². The maximum absolute atomic E-state index is 13.3. The number of nitrogens with two attached hydrogens (primary N) is 2. The molecule has 2 aliphatic rings. The molecule has 4 rings (SSSR count). The van der Waals surface area contributed by atoms with Gasteiger partial charge in [0.15, 0.2) is 0 Å². The zero-order chi connectivity index (χ0) is 19.1. The highest BCUT2D eigenvalue weighted by atomic mass is 32.2. The van der Waals surface area contributed by atoms with E-state index in [9.17, 15) is 4.79 Å². The Labute approximate surface area is 162 Å². The molecule has 27 heavy (non-hydrogen) atoms. The van der Waals surface area contributed by atoms with E-state index in [1.807, 2.05) is 32.0 Å². The number of nitrogen functional groups attached to an aromatic ring is 1. The van der Waals surface area contributed by atoms with Crippen LogP contribution in [0.25, 0.3) is 11.3 Å². The molecule has 8 heteroatoms. The monoisotopic (exact) mass is 382 g/mol. The quantitative estimate of drug-likeness (QED) is 0.675. The molecule has 2 aromatic rings. The van der Waals surface area contributed by atoms with E-state index in [1.54, 1.807) is 16.7 Å². The summed E-state index contributed by atoms with van der Waals surface area (Å²) in [4.78, 5) is 28.4. The van der Waals surface area contributed by atoms with E-state index in [4.69, 9.17) is 11.5 Å². The zero-order valence-electron chi connectivity index (χ0n) is 15.4. The summed E-state index contributed by atoms with van der Waals surface area (Å²) >= 11 is 1.57. The summed E-state index contributed by atoms with van der Waals surface area (Å²) in [6.45, 7) is 5.12.